The van der Waals surface area contributed by atoms with E-state index in [1.165, 1.54) is 6.08 Å². The topological polar surface area (TPSA) is 49.4 Å². The standard InChI is InChI=1S/C16H19BrN2O2/c17-14-5-3-4-13(12-14)6-7-15(20)18-9-8-16(21)19-10-1-2-11-19/h3-7,12H,1-2,8-11H2,(H,18,20)/b7-6+. The highest BCUT2D eigenvalue weighted by molar-refractivity contribution is 9.10. The Morgan fingerprint density at radius 1 is 1.29 bits per heavy atom. The van der Waals surface area contributed by atoms with E-state index in [0.717, 1.165) is 36.0 Å². The van der Waals surface area contributed by atoms with Gasteiger partial charge in [0, 0.05) is 36.6 Å². The Morgan fingerprint density at radius 3 is 2.76 bits per heavy atom. The van der Waals surface area contributed by atoms with E-state index in [9.17, 15) is 9.59 Å². The van der Waals surface area contributed by atoms with Crippen molar-refractivity contribution < 1.29 is 9.59 Å². The van der Waals surface area contributed by atoms with Crippen molar-refractivity contribution in [3.05, 3.63) is 40.4 Å². The van der Waals surface area contributed by atoms with Crippen LogP contribution in [0.5, 0.6) is 0 Å². The molecule has 1 heterocycles. The van der Waals surface area contributed by atoms with Crippen LogP contribution in [-0.2, 0) is 9.59 Å². The second-order valence-electron chi connectivity index (χ2n) is 5.02. The number of likely N-dealkylation sites (tertiary alicyclic amines) is 1. The molecule has 2 amide bonds. The van der Waals surface area contributed by atoms with Crippen molar-refractivity contribution in [3.63, 3.8) is 0 Å². The highest BCUT2D eigenvalue weighted by atomic mass is 79.9. The predicted octanol–water partition coefficient (Wildman–Crippen LogP) is 2.59. The second kappa shape index (κ2) is 7.98. The van der Waals surface area contributed by atoms with Crippen LogP contribution in [-0.4, -0.2) is 36.3 Å². The zero-order valence-corrected chi connectivity index (χ0v) is 13.4. The van der Waals surface area contributed by atoms with Gasteiger partial charge in [0.1, 0.15) is 0 Å². The van der Waals surface area contributed by atoms with Gasteiger partial charge in [0.2, 0.25) is 11.8 Å². The van der Waals surface area contributed by atoms with Crippen molar-refractivity contribution in [2.24, 2.45) is 0 Å². The number of nitrogens with one attached hydrogen (secondary N) is 1. The summed E-state index contributed by atoms with van der Waals surface area (Å²) >= 11 is 3.38. The van der Waals surface area contributed by atoms with Gasteiger partial charge in [0.25, 0.3) is 0 Å². The van der Waals surface area contributed by atoms with E-state index in [1.807, 2.05) is 29.2 Å². The molecule has 0 atom stereocenters. The molecule has 1 aromatic carbocycles. The number of halogens is 1. The molecule has 2 rings (SSSR count). The van der Waals surface area contributed by atoms with Crippen molar-refractivity contribution in [1.29, 1.82) is 0 Å². The van der Waals surface area contributed by atoms with Gasteiger partial charge in [-0.25, -0.2) is 0 Å². The van der Waals surface area contributed by atoms with Crippen LogP contribution in [0.4, 0.5) is 0 Å². The Kier molecular flexibility index (Phi) is 5.99. The number of hydrogen-bond acceptors (Lipinski definition) is 2. The SMILES string of the molecule is O=C(/C=C/c1cccc(Br)c1)NCCC(=O)N1CCCC1. The lowest BCUT2D eigenvalue weighted by Gasteiger charge is -2.14. The van der Waals surface area contributed by atoms with Gasteiger partial charge in [0.05, 0.1) is 0 Å². The first-order chi connectivity index (χ1) is 10.1. The molecule has 1 saturated heterocycles. The van der Waals surface area contributed by atoms with Gasteiger partial charge in [-0.3, -0.25) is 9.59 Å². The molecule has 112 valence electrons. The van der Waals surface area contributed by atoms with E-state index in [4.69, 9.17) is 0 Å². The first-order valence-corrected chi connectivity index (χ1v) is 7.94. The predicted molar refractivity (Wildman–Crippen MR) is 86.6 cm³/mol. The van der Waals surface area contributed by atoms with Gasteiger partial charge in [-0.2, -0.15) is 0 Å². The molecule has 1 aromatic rings. The Labute approximate surface area is 133 Å². The first kappa shape index (κ1) is 15.8. The molecule has 0 radical (unpaired) electrons. The number of rotatable bonds is 5. The van der Waals surface area contributed by atoms with Crippen molar-refractivity contribution in [2.45, 2.75) is 19.3 Å². The molecule has 1 N–H and O–H groups in total. The number of amides is 2. The fourth-order valence-corrected chi connectivity index (χ4v) is 2.68. The highest BCUT2D eigenvalue weighted by Gasteiger charge is 2.17. The summed E-state index contributed by atoms with van der Waals surface area (Å²) in [5.74, 6) is -0.0482. The summed E-state index contributed by atoms with van der Waals surface area (Å²) in [4.78, 5) is 25.3. The summed E-state index contributed by atoms with van der Waals surface area (Å²) in [6.45, 7) is 2.10. The monoisotopic (exact) mass is 350 g/mol. The van der Waals surface area contributed by atoms with Crippen LogP contribution in [0.15, 0.2) is 34.8 Å². The first-order valence-electron chi connectivity index (χ1n) is 7.14. The molecular weight excluding hydrogens is 332 g/mol. The molecule has 1 fully saturated rings. The van der Waals surface area contributed by atoms with Crippen molar-refractivity contribution in [3.8, 4) is 0 Å². The van der Waals surface area contributed by atoms with Gasteiger partial charge in [-0.15, -0.1) is 0 Å². The van der Waals surface area contributed by atoms with E-state index < -0.39 is 0 Å². The molecule has 0 aromatic heterocycles. The van der Waals surface area contributed by atoms with Crippen LogP contribution in [0, 0.1) is 0 Å². The van der Waals surface area contributed by atoms with Gasteiger partial charge < -0.3 is 10.2 Å². The van der Waals surface area contributed by atoms with Crippen LogP contribution in [0.1, 0.15) is 24.8 Å². The highest BCUT2D eigenvalue weighted by Crippen LogP contribution is 2.12. The molecule has 1 aliphatic rings. The summed E-state index contributed by atoms with van der Waals surface area (Å²) in [6, 6.07) is 7.70. The fraction of sp³-hybridized carbons (Fsp3) is 0.375. The molecule has 0 unspecified atom stereocenters. The van der Waals surface area contributed by atoms with E-state index >= 15 is 0 Å². The van der Waals surface area contributed by atoms with Crippen molar-refractivity contribution in [2.75, 3.05) is 19.6 Å². The van der Waals surface area contributed by atoms with E-state index in [-0.39, 0.29) is 11.8 Å². The third kappa shape index (κ3) is 5.34. The number of benzene rings is 1. The maximum absolute atomic E-state index is 11.8. The van der Waals surface area contributed by atoms with Gasteiger partial charge in [0.15, 0.2) is 0 Å². The number of carbonyl (C=O) groups is 2. The van der Waals surface area contributed by atoms with Gasteiger partial charge in [-0.1, -0.05) is 28.1 Å². The number of carbonyl (C=O) groups excluding carboxylic acids is 2. The minimum atomic E-state index is -0.177. The van der Waals surface area contributed by atoms with Crippen LogP contribution in [0.25, 0.3) is 6.08 Å². The lowest BCUT2D eigenvalue weighted by atomic mass is 10.2. The van der Waals surface area contributed by atoms with E-state index in [2.05, 4.69) is 21.2 Å². The largest absolute Gasteiger partial charge is 0.352 e. The molecule has 21 heavy (non-hydrogen) atoms. The maximum atomic E-state index is 11.8. The summed E-state index contributed by atoms with van der Waals surface area (Å²) in [5.41, 5.74) is 0.952. The summed E-state index contributed by atoms with van der Waals surface area (Å²) in [5, 5.41) is 2.74. The Hall–Kier alpha value is -1.62. The van der Waals surface area contributed by atoms with E-state index in [1.54, 1.807) is 6.08 Å². The molecule has 4 nitrogen and oxygen atoms in total. The average molecular weight is 351 g/mol. The third-order valence-electron chi connectivity index (χ3n) is 3.37. The third-order valence-corrected chi connectivity index (χ3v) is 3.87. The van der Waals surface area contributed by atoms with E-state index in [0.29, 0.717) is 13.0 Å². The lowest BCUT2D eigenvalue weighted by molar-refractivity contribution is -0.130. The zero-order valence-electron chi connectivity index (χ0n) is 11.8. The quantitative estimate of drug-likeness (QED) is 0.829. The number of nitrogens with zero attached hydrogens (tertiary/aromatic N) is 1. The van der Waals surface area contributed by atoms with Crippen molar-refractivity contribution >= 4 is 33.8 Å². The van der Waals surface area contributed by atoms with Crippen LogP contribution in [0.3, 0.4) is 0 Å². The van der Waals surface area contributed by atoms with Crippen molar-refractivity contribution in [1.82, 2.24) is 10.2 Å². The van der Waals surface area contributed by atoms with Crippen LogP contribution < -0.4 is 5.32 Å². The Morgan fingerprint density at radius 2 is 2.05 bits per heavy atom. The molecule has 0 aliphatic carbocycles. The molecule has 0 bridgehead atoms. The van der Waals surface area contributed by atoms with Gasteiger partial charge in [-0.05, 0) is 36.6 Å². The fourth-order valence-electron chi connectivity index (χ4n) is 2.26. The minimum absolute atomic E-state index is 0.128. The maximum Gasteiger partial charge on any atom is 0.244 e. The van der Waals surface area contributed by atoms with Gasteiger partial charge >= 0.3 is 0 Å². The van der Waals surface area contributed by atoms with Crippen LogP contribution >= 0.6 is 15.9 Å². The zero-order chi connectivity index (χ0) is 15.1. The molecular formula is C16H19BrN2O2. The normalized spacial score (nSPS) is 14.6. The Balaban J connectivity index is 1.71. The van der Waals surface area contributed by atoms with Crippen LogP contribution in [0.2, 0.25) is 0 Å². The molecule has 0 spiro atoms. The lowest BCUT2D eigenvalue weighted by Crippen LogP contribution is -2.32. The smallest absolute Gasteiger partial charge is 0.244 e. The minimum Gasteiger partial charge on any atom is -0.352 e. The molecule has 1 aliphatic heterocycles. The Bertz CT molecular complexity index is 537. The molecule has 0 saturated carbocycles. The average Bonchev–Trinajstić information content (AvgIpc) is 2.99. The number of hydrogen-bond donors (Lipinski definition) is 1. The second-order valence-corrected chi connectivity index (χ2v) is 5.93. The summed E-state index contributed by atoms with van der Waals surface area (Å²) < 4.78 is 0.973. The summed E-state index contributed by atoms with van der Waals surface area (Å²) in [6.07, 6.45) is 5.79. The molecule has 5 heteroatoms. The summed E-state index contributed by atoms with van der Waals surface area (Å²) in [7, 11) is 0.